The molecule has 0 aliphatic heterocycles. The van der Waals surface area contributed by atoms with Crippen molar-refractivity contribution in [2.45, 2.75) is 32.6 Å². The van der Waals surface area contributed by atoms with Gasteiger partial charge in [-0.15, -0.1) is 11.6 Å². The van der Waals surface area contributed by atoms with E-state index < -0.39 is 0 Å². The molecule has 2 heteroatoms. The Labute approximate surface area is 97.4 Å². The van der Waals surface area contributed by atoms with Gasteiger partial charge in [-0.25, -0.2) is 0 Å². The van der Waals surface area contributed by atoms with Crippen molar-refractivity contribution in [2.24, 2.45) is 5.92 Å². The fraction of sp³-hybridized carbons (Fsp3) is 0.538. The summed E-state index contributed by atoms with van der Waals surface area (Å²) in [6.45, 7) is 7.05. The van der Waals surface area contributed by atoms with Gasteiger partial charge in [0, 0.05) is 5.38 Å². The van der Waals surface area contributed by atoms with Crippen molar-refractivity contribution in [3.05, 3.63) is 29.8 Å². The maximum atomic E-state index is 5.95. The molecule has 84 valence electrons. The molecule has 0 aromatic heterocycles. The van der Waals surface area contributed by atoms with Crippen LogP contribution in [0.2, 0.25) is 0 Å². The summed E-state index contributed by atoms with van der Waals surface area (Å²) in [6.07, 6.45) is 0.889. The summed E-state index contributed by atoms with van der Waals surface area (Å²) < 4.78 is 5.65. The molecule has 15 heavy (non-hydrogen) atoms. The van der Waals surface area contributed by atoms with Crippen molar-refractivity contribution in [3.8, 4) is 5.75 Å². The summed E-state index contributed by atoms with van der Waals surface area (Å²) in [5.41, 5.74) is 1.23. The molecule has 0 aliphatic rings. The van der Waals surface area contributed by atoms with E-state index in [1.54, 1.807) is 0 Å². The molecule has 1 unspecified atom stereocenters. The maximum absolute atomic E-state index is 5.95. The van der Waals surface area contributed by atoms with Crippen LogP contribution in [0.4, 0.5) is 0 Å². The Hall–Kier alpha value is -0.690. The Balaban J connectivity index is 2.57. The topological polar surface area (TPSA) is 9.23 Å². The van der Waals surface area contributed by atoms with Gasteiger partial charge in [-0.05, 0) is 37.0 Å². The van der Waals surface area contributed by atoms with Crippen LogP contribution >= 0.6 is 11.6 Å². The smallest absolute Gasteiger partial charge is 0.119 e. The molecule has 1 aromatic carbocycles. The van der Waals surface area contributed by atoms with Crippen LogP contribution in [0.15, 0.2) is 24.3 Å². The second kappa shape index (κ2) is 6.02. The van der Waals surface area contributed by atoms with Crippen molar-refractivity contribution in [1.82, 2.24) is 0 Å². The lowest BCUT2D eigenvalue weighted by atomic mass is 10.1. The number of hydrogen-bond donors (Lipinski definition) is 0. The predicted octanol–water partition coefficient (Wildman–Crippen LogP) is 3.89. The summed E-state index contributed by atoms with van der Waals surface area (Å²) in [5.74, 6) is 1.50. The van der Waals surface area contributed by atoms with Crippen LogP contribution in [0, 0.1) is 5.92 Å². The number of alkyl halides is 1. The minimum Gasteiger partial charge on any atom is -0.493 e. The Morgan fingerprint density at radius 2 is 2.00 bits per heavy atom. The number of ether oxygens (including phenoxy) is 1. The van der Waals surface area contributed by atoms with Gasteiger partial charge < -0.3 is 4.74 Å². The van der Waals surface area contributed by atoms with Gasteiger partial charge in [0.2, 0.25) is 0 Å². The van der Waals surface area contributed by atoms with E-state index in [0.717, 1.165) is 18.8 Å². The first-order valence-electron chi connectivity index (χ1n) is 5.43. The largest absolute Gasteiger partial charge is 0.493 e. The van der Waals surface area contributed by atoms with Crippen molar-refractivity contribution in [3.63, 3.8) is 0 Å². The highest BCUT2D eigenvalue weighted by atomic mass is 35.5. The summed E-state index contributed by atoms with van der Waals surface area (Å²) in [6, 6.07) is 8.16. The highest BCUT2D eigenvalue weighted by Gasteiger charge is 2.02. The number of hydrogen-bond acceptors (Lipinski definition) is 1. The quantitative estimate of drug-likeness (QED) is 0.693. The van der Waals surface area contributed by atoms with Crippen LogP contribution in [0.1, 0.15) is 26.3 Å². The van der Waals surface area contributed by atoms with Gasteiger partial charge >= 0.3 is 0 Å². The summed E-state index contributed by atoms with van der Waals surface area (Å²) in [7, 11) is 0. The molecule has 0 heterocycles. The molecular formula is C13H19ClO. The van der Waals surface area contributed by atoms with Crippen LogP contribution < -0.4 is 4.74 Å². The molecule has 1 aromatic rings. The van der Waals surface area contributed by atoms with E-state index in [1.165, 1.54) is 5.56 Å². The molecule has 0 amide bonds. The Morgan fingerprint density at radius 3 is 2.60 bits per heavy atom. The Kier molecular flexibility index (Phi) is 4.97. The lowest BCUT2D eigenvalue weighted by Gasteiger charge is -2.10. The highest BCUT2D eigenvalue weighted by molar-refractivity contribution is 6.20. The molecule has 0 aliphatic carbocycles. The van der Waals surface area contributed by atoms with Crippen LogP contribution in [0.5, 0.6) is 5.75 Å². The van der Waals surface area contributed by atoms with E-state index in [2.05, 4.69) is 26.0 Å². The molecule has 0 radical (unpaired) electrons. The number of rotatable bonds is 5. The zero-order valence-corrected chi connectivity index (χ0v) is 10.4. The van der Waals surface area contributed by atoms with E-state index in [9.17, 15) is 0 Å². The second-order valence-corrected chi connectivity index (χ2v) is 5.08. The summed E-state index contributed by atoms with van der Waals surface area (Å²) >= 11 is 5.95. The van der Waals surface area contributed by atoms with Gasteiger partial charge in [0.15, 0.2) is 0 Å². The van der Waals surface area contributed by atoms with Crippen LogP contribution in [0.25, 0.3) is 0 Å². The van der Waals surface area contributed by atoms with Gasteiger partial charge in [-0.2, -0.15) is 0 Å². The zero-order chi connectivity index (χ0) is 11.3. The molecule has 1 nitrogen and oxygen atoms in total. The standard InChI is InChI=1S/C13H19ClO/c1-10(2)9-15-13-6-4-5-12(8-13)7-11(3)14/h4-6,8,10-11H,7,9H2,1-3H3. The lowest BCUT2D eigenvalue weighted by Crippen LogP contribution is -2.05. The average Bonchev–Trinajstić information content (AvgIpc) is 2.14. The maximum Gasteiger partial charge on any atom is 0.119 e. The molecule has 0 N–H and O–H groups in total. The van der Waals surface area contributed by atoms with Gasteiger partial charge in [0.05, 0.1) is 6.61 Å². The van der Waals surface area contributed by atoms with Crippen LogP contribution in [-0.2, 0) is 6.42 Å². The fourth-order valence-corrected chi connectivity index (χ4v) is 1.53. The van der Waals surface area contributed by atoms with Crippen molar-refractivity contribution >= 4 is 11.6 Å². The Bertz CT molecular complexity index is 294. The van der Waals surface area contributed by atoms with E-state index in [-0.39, 0.29) is 5.38 Å². The monoisotopic (exact) mass is 226 g/mol. The average molecular weight is 227 g/mol. The minimum atomic E-state index is 0.172. The lowest BCUT2D eigenvalue weighted by molar-refractivity contribution is 0.271. The van der Waals surface area contributed by atoms with Crippen molar-refractivity contribution < 1.29 is 4.74 Å². The number of halogens is 1. The SMILES string of the molecule is CC(C)COc1cccc(CC(C)Cl)c1. The van der Waals surface area contributed by atoms with Crippen LogP contribution in [0.3, 0.4) is 0 Å². The molecule has 0 spiro atoms. The molecule has 1 atom stereocenters. The normalized spacial score (nSPS) is 12.9. The molecular weight excluding hydrogens is 208 g/mol. The first-order chi connectivity index (χ1) is 7.08. The molecule has 0 saturated heterocycles. The first kappa shape index (κ1) is 12.4. The van der Waals surface area contributed by atoms with E-state index in [1.807, 2.05) is 19.1 Å². The van der Waals surface area contributed by atoms with Gasteiger partial charge in [-0.1, -0.05) is 26.0 Å². The Morgan fingerprint density at radius 1 is 1.27 bits per heavy atom. The molecule has 0 saturated carbocycles. The third-order valence-electron chi connectivity index (χ3n) is 2.00. The molecule has 1 rings (SSSR count). The van der Waals surface area contributed by atoms with E-state index in [4.69, 9.17) is 16.3 Å². The zero-order valence-electron chi connectivity index (χ0n) is 9.66. The summed E-state index contributed by atoms with van der Waals surface area (Å²) in [4.78, 5) is 0. The minimum absolute atomic E-state index is 0.172. The third-order valence-corrected chi connectivity index (χ3v) is 2.15. The third kappa shape index (κ3) is 5.08. The fourth-order valence-electron chi connectivity index (χ4n) is 1.35. The molecule has 0 bridgehead atoms. The summed E-state index contributed by atoms with van der Waals surface area (Å²) in [5, 5.41) is 0.172. The predicted molar refractivity (Wildman–Crippen MR) is 65.8 cm³/mol. The van der Waals surface area contributed by atoms with Gasteiger partial charge in [0.25, 0.3) is 0 Å². The number of benzene rings is 1. The van der Waals surface area contributed by atoms with Gasteiger partial charge in [0.1, 0.15) is 5.75 Å². The molecule has 0 fully saturated rings. The van der Waals surface area contributed by atoms with Crippen molar-refractivity contribution in [2.75, 3.05) is 6.61 Å². The first-order valence-corrected chi connectivity index (χ1v) is 5.87. The highest BCUT2D eigenvalue weighted by Crippen LogP contribution is 2.16. The van der Waals surface area contributed by atoms with Crippen molar-refractivity contribution in [1.29, 1.82) is 0 Å². The van der Waals surface area contributed by atoms with E-state index in [0.29, 0.717) is 5.92 Å². The van der Waals surface area contributed by atoms with Gasteiger partial charge in [-0.3, -0.25) is 0 Å². The van der Waals surface area contributed by atoms with Crippen LogP contribution in [-0.4, -0.2) is 12.0 Å². The van der Waals surface area contributed by atoms with E-state index >= 15 is 0 Å². The second-order valence-electron chi connectivity index (χ2n) is 4.34.